The summed E-state index contributed by atoms with van der Waals surface area (Å²) in [5, 5.41) is 10.1. The molecule has 1 aliphatic carbocycles. The Morgan fingerprint density at radius 2 is 1.73 bits per heavy atom. The fourth-order valence-electron chi connectivity index (χ4n) is 1.33. The summed E-state index contributed by atoms with van der Waals surface area (Å²) in [7, 11) is -3.23. The molecule has 0 aliphatic heterocycles. The molecule has 0 spiro atoms. The van der Waals surface area contributed by atoms with Crippen molar-refractivity contribution >= 4 is 15.5 Å². The lowest BCUT2D eigenvalue weighted by Crippen LogP contribution is -2.06. The molecule has 6 heteroatoms. The molecule has 1 saturated carbocycles. The van der Waals surface area contributed by atoms with Crippen LogP contribution >= 0.6 is 0 Å². The van der Waals surface area contributed by atoms with Crippen LogP contribution < -0.4 is 0 Å². The predicted molar refractivity (Wildman–Crippen MR) is 53.3 cm³/mol. The number of nitro groups is 1. The normalized spacial score (nSPS) is 16.3. The van der Waals surface area contributed by atoms with Crippen LogP contribution in [0.1, 0.15) is 12.8 Å². The van der Waals surface area contributed by atoms with Crippen LogP contribution in [0.3, 0.4) is 0 Å². The summed E-state index contributed by atoms with van der Waals surface area (Å²) in [5.41, 5.74) is -0.0928. The van der Waals surface area contributed by atoms with E-state index >= 15 is 0 Å². The van der Waals surface area contributed by atoms with Crippen molar-refractivity contribution in [3.8, 4) is 0 Å². The standard InChI is InChI=1S/C9H9NO4S/c11-10(12)7-1-3-8(4-2-7)15(13,14)9-5-6-9/h1-4,9H,5-6H2. The van der Waals surface area contributed by atoms with E-state index in [4.69, 9.17) is 0 Å². The van der Waals surface area contributed by atoms with Gasteiger partial charge in [0, 0.05) is 12.1 Å². The molecule has 0 unspecified atom stereocenters. The molecular weight excluding hydrogens is 218 g/mol. The zero-order valence-electron chi connectivity index (χ0n) is 7.79. The van der Waals surface area contributed by atoms with Crippen LogP contribution in [0.25, 0.3) is 0 Å². The minimum absolute atomic E-state index is 0.0928. The molecule has 1 fully saturated rings. The summed E-state index contributed by atoms with van der Waals surface area (Å²) in [4.78, 5) is 9.99. The Morgan fingerprint density at radius 3 is 2.13 bits per heavy atom. The van der Waals surface area contributed by atoms with Gasteiger partial charge >= 0.3 is 0 Å². The van der Waals surface area contributed by atoms with E-state index in [1.165, 1.54) is 24.3 Å². The molecule has 80 valence electrons. The van der Waals surface area contributed by atoms with Crippen molar-refractivity contribution < 1.29 is 13.3 Å². The van der Waals surface area contributed by atoms with Gasteiger partial charge in [-0.2, -0.15) is 0 Å². The van der Waals surface area contributed by atoms with E-state index in [0.717, 1.165) is 0 Å². The molecule has 1 aromatic carbocycles. The number of nitro benzene ring substituents is 1. The largest absolute Gasteiger partial charge is 0.269 e. The highest BCUT2D eigenvalue weighted by molar-refractivity contribution is 7.92. The third-order valence-electron chi connectivity index (χ3n) is 2.34. The maximum Gasteiger partial charge on any atom is 0.269 e. The Kier molecular flexibility index (Phi) is 2.22. The first kappa shape index (κ1) is 10.1. The van der Waals surface area contributed by atoms with Crippen LogP contribution in [0.5, 0.6) is 0 Å². The second kappa shape index (κ2) is 3.30. The summed E-state index contributed by atoms with van der Waals surface area (Å²) in [6.07, 6.45) is 1.39. The van der Waals surface area contributed by atoms with E-state index in [1.54, 1.807) is 0 Å². The molecule has 0 bridgehead atoms. The van der Waals surface area contributed by atoms with Crippen molar-refractivity contribution in [1.82, 2.24) is 0 Å². The van der Waals surface area contributed by atoms with Crippen molar-refractivity contribution in [3.63, 3.8) is 0 Å². The van der Waals surface area contributed by atoms with Gasteiger partial charge < -0.3 is 0 Å². The smallest absolute Gasteiger partial charge is 0.258 e. The molecular formula is C9H9NO4S. The third kappa shape index (κ3) is 1.85. The number of benzene rings is 1. The van der Waals surface area contributed by atoms with Crippen molar-refractivity contribution in [1.29, 1.82) is 0 Å². The fourth-order valence-corrected chi connectivity index (χ4v) is 2.99. The van der Waals surface area contributed by atoms with Gasteiger partial charge in [0.15, 0.2) is 9.84 Å². The van der Waals surface area contributed by atoms with Gasteiger partial charge in [-0.1, -0.05) is 0 Å². The van der Waals surface area contributed by atoms with Gasteiger partial charge in [-0.25, -0.2) is 8.42 Å². The van der Waals surface area contributed by atoms with Crippen LogP contribution in [0, 0.1) is 10.1 Å². The summed E-state index contributed by atoms with van der Waals surface area (Å²) < 4.78 is 23.4. The van der Waals surface area contributed by atoms with Gasteiger partial charge in [-0.3, -0.25) is 10.1 Å². The van der Waals surface area contributed by atoms with E-state index in [0.29, 0.717) is 12.8 Å². The number of non-ortho nitro benzene ring substituents is 1. The lowest BCUT2D eigenvalue weighted by atomic mass is 10.3. The molecule has 0 aromatic heterocycles. The lowest BCUT2D eigenvalue weighted by Gasteiger charge is -2.00. The minimum atomic E-state index is -3.23. The van der Waals surface area contributed by atoms with Crippen LogP contribution in [-0.4, -0.2) is 18.6 Å². The number of hydrogen-bond acceptors (Lipinski definition) is 4. The predicted octanol–water partition coefficient (Wildman–Crippen LogP) is 1.53. The Morgan fingerprint density at radius 1 is 1.20 bits per heavy atom. The van der Waals surface area contributed by atoms with Crippen LogP contribution in [0.4, 0.5) is 5.69 Å². The summed E-state index contributed by atoms with van der Waals surface area (Å²) >= 11 is 0. The molecule has 1 aromatic rings. The molecule has 0 amide bonds. The van der Waals surface area contributed by atoms with E-state index < -0.39 is 14.8 Å². The third-order valence-corrected chi connectivity index (χ3v) is 4.62. The maximum atomic E-state index is 11.7. The van der Waals surface area contributed by atoms with E-state index in [-0.39, 0.29) is 15.8 Å². The van der Waals surface area contributed by atoms with E-state index in [1.807, 2.05) is 0 Å². The second-order valence-electron chi connectivity index (χ2n) is 3.50. The number of rotatable bonds is 3. The van der Waals surface area contributed by atoms with Gasteiger partial charge in [0.05, 0.1) is 15.1 Å². The lowest BCUT2D eigenvalue weighted by molar-refractivity contribution is -0.384. The highest BCUT2D eigenvalue weighted by Crippen LogP contribution is 2.33. The summed E-state index contributed by atoms with van der Waals surface area (Å²) in [6.45, 7) is 0. The van der Waals surface area contributed by atoms with E-state index in [9.17, 15) is 18.5 Å². The second-order valence-corrected chi connectivity index (χ2v) is 5.72. The van der Waals surface area contributed by atoms with Gasteiger partial charge in [0.1, 0.15) is 0 Å². The van der Waals surface area contributed by atoms with Gasteiger partial charge in [0.2, 0.25) is 0 Å². The number of nitrogens with zero attached hydrogens (tertiary/aromatic N) is 1. The first-order valence-corrected chi connectivity index (χ1v) is 6.05. The van der Waals surface area contributed by atoms with Gasteiger partial charge in [-0.05, 0) is 25.0 Å². The summed E-state index contributed by atoms with van der Waals surface area (Å²) in [5.74, 6) is 0. The van der Waals surface area contributed by atoms with Gasteiger partial charge in [-0.15, -0.1) is 0 Å². The quantitative estimate of drug-likeness (QED) is 0.579. The van der Waals surface area contributed by atoms with Crippen LogP contribution in [-0.2, 0) is 9.84 Å². The molecule has 1 aliphatic rings. The highest BCUT2D eigenvalue weighted by atomic mass is 32.2. The maximum absolute atomic E-state index is 11.7. The monoisotopic (exact) mass is 227 g/mol. The Balaban J connectivity index is 2.35. The Bertz CT molecular complexity index is 487. The zero-order valence-corrected chi connectivity index (χ0v) is 8.61. The first-order valence-electron chi connectivity index (χ1n) is 4.50. The average Bonchev–Trinajstić information content (AvgIpc) is 3.01. The molecule has 5 nitrogen and oxygen atoms in total. The zero-order chi connectivity index (χ0) is 11.1. The Hall–Kier alpha value is -1.43. The SMILES string of the molecule is O=[N+]([O-])c1ccc(S(=O)(=O)C2CC2)cc1. The number of sulfone groups is 1. The molecule has 0 atom stereocenters. The molecule has 15 heavy (non-hydrogen) atoms. The van der Waals surface area contributed by atoms with E-state index in [2.05, 4.69) is 0 Å². The molecule has 2 rings (SSSR count). The highest BCUT2D eigenvalue weighted by Gasteiger charge is 2.36. The van der Waals surface area contributed by atoms with Crippen molar-refractivity contribution in [3.05, 3.63) is 34.4 Å². The van der Waals surface area contributed by atoms with Crippen molar-refractivity contribution in [2.75, 3.05) is 0 Å². The average molecular weight is 227 g/mol. The van der Waals surface area contributed by atoms with Crippen LogP contribution in [0.2, 0.25) is 0 Å². The van der Waals surface area contributed by atoms with Crippen molar-refractivity contribution in [2.45, 2.75) is 23.0 Å². The molecule has 0 saturated heterocycles. The molecule has 0 heterocycles. The minimum Gasteiger partial charge on any atom is -0.258 e. The molecule has 0 N–H and O–H groups in total. The topological polar surface area (TPSA) is 77.3 Å². The first-order chi connectivity index (χ1) is 7.01. The summed E-state index contributed by atoms with van der Waals surface area (Å²) in [6, 6.07) is 5.03. The van der Waals surface area contributed by atoms with Gasteiger partial charge in [0.25, 0.3) is 5.69 Å². The number of hydrogen-bond donors (Lipinski definition) is 0. The Labute approximate surface area is 86.8 Å². The fraction of sp³-hybridized carbons (Fsp3) is 0.333. The molecule has 0 radical (unpaired) electrons. The van der Waals surface area contributed by atoms with Crippen molar-refractivity contribution in [2.24, 2.45) is 0 Å². The van der Waals surface area contributed by atoms with Crippen LogP contribution in [0.15, 0.2) is 29.2 Å².